The van der Waals surface area contributed by atoms with Gasteiger partial charge in [-0.15, -0.1) is 0 Å². The molecule has 0 aliphatic rings. The molecule has 1 aromatic heterocycles. The number of rotatable bonds is 7. The van der Waals surface area contributed by atoms with E-state index in [1.54, 1.807) is 48.7 Å². The van der Waals surface area contributed by atoms with Gasteiger partial charge in [-0.1, -0.05) is 12.1 Å². The Hall–Kier alpha value is -4.47. The third-order valence-corrected chi connectivity index (χ3v) is 5.44. The number of hydrogen-bond acceptors (Lipinski definition) is 5. The number of methoxy groups -OCH3 is 2. The Bertz CT molecular complexity index is 1370. The smallest absolute Gasteiger partial charge is 0.416 e. The molecule has 4 rings (SSSR count). The summed E-state index contributed by atoms with van der Waals surface area (Å²) >= 11 is 0. The Balaban J connectivity index is 1.55. The van der Waals surface area contributed by atoms with Gasteiger partial charge in [-0.05, 0) is 54.1 Å². The van der Waals surface area contributed by atoms with Gasteiger partial charge in [0.25, 0.3) is 0 Å². The number of aromatic nitrogens is 1. The molecule has 0 saturated carbocycles. The fourth-order valence-corrected chi connectivity index (χ4v) is 3.61. The molecule has 0 fully saturated rings. The molecule has 36 heavy (non-hydrogen) atoms. The zero-order valence-corrected chi connectivity index (χ0v) is 19.2. The van der Waals surface area contributed by atoms with Crippen LogP contribution in [0.1, 0.15) is 11.1 Å². The van der Waals surface area contributed by atoms with Crippen LogP contribution in [-0.4, -0.2) is 30.4 Å². The molecular weight excluding hydrogens is 477 g/mol. The summed E-state index contributed by atoms with van der Waals surface area (Å²) in [6, 6.07) is 15.9. The molecule has 1 amide bonds. The molecule has 1 N–H and O–H groups in total. The highest BCUT2D eigenvalue weighted by molar-refractivity contribution is 5.88. The minimum absolute atomic E-state index is 0.121. The molecular formula is C26H21F3N2O5. The molecule has 10 heteroatoms. The number of hydrogen-bond donors (Lipinski definition) is 1. The summed E-state index contributed by atoms with van der Waals surface area (Å²) in [7, 11) is 3.06. The van der Waals surface area contributed by atoms with Crippen LogP contribution in [0.4, 0.5) is 23.7 Å². The minimum Gasteiger partial charge on any atom is -0.493 e. The zero-order valence-electron chi connectivity index (χ0n) is 19.2. The third kappa shape index (κ3) is 5.27. The van der Waals surface area contributed by atoms with Crippen LogP contribution in [-0.2, 0) is 12.7 Å². The van der Waals surface area contributed by atoms with E-state index in [-0.39, 0.29) is 6.54 Å². The lowest BCUT2D eigenvalue weighted by Gasteiger charge is -2.20. The first-order valence-corrected chi connectivity index (χ1v) is 10.6. The maximum Gasteiger partial charge on any atom is 0.416 e. The molecule has 0 unspecified atom stereocenters. The number of ether oxygens (including phenoxy) is 3. The van der Waals surface area contributed by atoms with Gasteiger partial charge in [0.1, 0.15) is 11.5 Å². The molecule has 0 aliphatic carbocycles. The van der Waals surface area contributed by atoms with Crippen molar-refractivity contribution in [2.75, 3.05) is 19.1 Å². The molecule has 0 radical (unpaired) electrons. The van der Waals surface area contributed by atoms with Crippen LogP contribution < -0.4 is 19.1 Å². The van der Waals surface area contributed by atoms with Crippen molar-refractivity contribution in [3.8, 4) is 23.0 Å². The number of nitrogens with zero attached hydrogens (tertiary/aromatic N) is 2. The average molecular weight is 498 g/mol. The number of halogens is 3. The van der Waals surface area contributed by atoms with E-state index in [0.717, 1.165) is 17.0 Å². The largest absolute Gasteiger partial charge is 0.493 e. The second-order valence-corrected chi connectivity index (χ2v) is 7.69. The maximum absolute atomic E-state index is 12.8. The number of anilines is 1. The quantitative estimate of drug-likeness (QED) is 0.304. The Morgan fingerprint density at radius 2 is 1.56 bits per heavy atom. The highest BCUT2D eigenvalue weighted by Crippen LogP contribution is 2.37. The van der Waals surface area contributed by atoms with Crippen molar-refractivity contribution >= 4 is 22.7 Å². The Morgan fingerprint density at radius 3 is 2.14 bits per heavy atom. The van der Waals surface area contributed by atoms with E-state index in [2.05, 4.69) is 4.98 Å². The van der Waals surface area contributed by atoms with Crippen LogP contribution in [0.25, 0.3) is 10.9 Å². The van der Waals surface area contributed by atoms with Gasteiger partial charge >= 0.3 is 12.3 Å². The number of fused-ring (bicyclic) bond motifs is 1. The summed E-state index contributed by atoms with van der Waals surface area (Å²) in [5.74, 6) is 1.99. The van der Waals surface area contributed by atoms with Crippen LogP contribution >= 0.6 is 0 Å². The molecule has 0 saturated heterocycles. The number of pyridine rings is 1. The van der Waals surface area contributed by atoms with E-state index in [4.69, 9.17) is 14.2 Å². The Kier molecular flexibility index (Phi) is 6.86. The van der Waals surface area contributed by atoms with Crippen molar-refractivity contribution < 1.29 is 37.3 Å². The van der Waals surface area contributed by atoms with Gasteiger partial charge in [-0.3, -0.25) is 9.88 Å². The number of carbonyl (C=O) groups is 1. The van der Waals surface area contributed by atoms with Gasteiger partial charge in [-0.25, -0.2) is 4.79 Å². The van der Waals surface area contributed by atoms with Crippen LogP contribution in [0.5, 0.6) is 23.0 Å². The lowest BCUT2D eigenvalue weighted by atomic mass is 10.1. The monoisotopic (exact) mass is 498 g/mol. The van der Waals surface area contributed by atoms with E-state index in [1.165, 1.54) is 26.4 Å². The number of benzene rings is 3. The molecule has 4 aromatic rings. The molecule has 7 nitrogen and oxygen atoms in total. The zero-order chi connectivity index (χ0) is 25.9. The summed E-state index contributed by atoms with van der Waals surface area (Å²) in [6.07, 6.45) is -4.11. The van der Waals surface area contributed by atoms with E-state index in [9.17, 15) is 23.1 Å². The highest BCUT2D eigenvalue weighted by atomic mass is 19.4. The standard InChI is InChI=1S/C26H21F3N2O5/c1-34-23-13-20-21(14-24(23)35-2)30-12-11-22(20)36-19-9-7-18(8-10-19)31(25(32)33)15-16-3-5-17(6-4-16)26(27,28)29/h3-14H,15H2,1-2H3,(H,32,33). The minimum atomic E-state index is -4.46. The normalized spacial score (nSPS) is 11.2. The molecule has 3 aromatic carbocycles. The first-order chi connectivity index (χ1) is 17.2. The molecule has 0 bridgehead atoms. The van der Waals surface area contributed by atoms with Crippen LogP contribution in [0.15, 0.2) is 72.9 Å². The maximum atomic E-state index is 12.8. The van der Waals surface area contributed by atoms with Crippen molar-refractivity contribution in [3.63, 3.8) is 0 Å². The number of amides is 1. The predicted octanol–water partition coefficient (Wildman–Crippen LogP) is 6.75. The van der Waals surface area contributed by atoms with Gasteiger partial charge in [0.15, 0.2) is 11.5 Å². The van der Waals surface area contributed by atoms with E-state index in [1.807, 2.05) is 0 Å². The summed E-state index contributed by atoms with van der Waals surface area (Å²) in [5.41, 5.74) is 0.587. The highest BCUT2D eigenvalue weighted by Gasteiger charge is 2.30. The third-order valence-electron chi connectivity index (χ3n) is 5.44. The summed E-state index contributed by atoms with van der Waals surface area (Å²) < 4.78 is 55.1. The predicted molar refractivity (Wildman–Crippen MR) is 127 cm³/mol. The van der Waals surface area contributed by atoms with E-state index >= 15 is 0 Å². The fourth-order valence-electron chi connectivity index (χ4n) is 3.61. The Morgan fingerprint density at radius 1 is 0.917 bits per heavy atom. The van der Waals surface area contributed by atoms with Crippen molar-refractivity contribution in [2.24, 2.45) is 0 Å². The molecule has 0 atom stereocenters. The van der Waals surface area contributed by atoms with E-state index in [0.29, 0.717) is 45.2 Å². The first kappa shape index (κ1) is 24.6. The summed E-state index contributed by atoms with van der Waals surface area (Å²) in [6.45, 7) is -0.121. The van der Waals surface area contributed by atoms with Gasteiger partial charge in [-0.2, -0.15) is 13.2 Å². The fraction of sp³-hybridized carbons (Fsp3) is 0.154. The van der Waals surface area contributed by atoms with Crippen LogP contribution in [0.3, 0.4) is 0 Å². The second-order valence-electron chi connectivity index (χ2n) is 7.69. The van der Waals surface area contributed by atoms with Crippen molar-refractivity contribution in [1.29, 1.82) is 0 Å². The van der Waals surface area contributed by atoms with Gasteiger partial charge < -0.3 is 19.3 Å². The molecule has 1 heterocycles. The second kappa shape index (κ2) is 10.0. The van der Waals surface area contributed by atoms with Crippen LogP contribution in [0.2, 0.25) is 0 Å². The van der Waals surface area contributed by atoms with Gasteiger partial charge in [0.2, 0.25) is 0 Å². The molecule has 0 aliphatic heterocycles. The first-order valence-electron chi connectivity index (χ1n) is 10.6. The lowest BCUT2D eigenvalue weighted by Crippen LogP contribution is -2.28. The molecule has 186 valence electrons. The average Bonchev–Trinajstić information content (AvgIpc) is 2.87. The van der Waals surface area contributed by atoms with Crippen molar-refractivity contribution in [3.05, 3.63) is 84.1 Å². The number of carboxylic acid groups (broad SMARTS) is 1. The summed E-state index contributed by atoms with van der Waals surface area (Å²) in [5, 5.41) is 10.4. The molecule has 0 spiro atoms. The summed E-state index contributed by atoms with van der Waals surface area (Å²) in [4.78, 5) is 17.2. The SMILES string of the molecule is COc1cc2nccc(Oc3ccc(N(Cc4ccc(C(F)(F)F)cc4)C(=O)O)cc3)c2cc1OC. The van der Waals surface area contributed by atoms with Crippen molar-refractivity contribution in [2.45, 2.75) is 12.7 Å². The van der Waals surface area contributed by atoms with Crippen molar-refractivity contribution in [1.82, 2.24) is 4.98 Å². The number of alkyl halides is 3. The van der Waals surface area contributed by atoms with Gasteiger partial charge in [0.05, 0.1) is 31.8 Å². The topological polar surface area (TPSA) is 81.1 Å². The van der Waals surface area contributed by atoms with Gasteiger partial charge in [0, 0.05) is 23.3 Å². The lowest BCUT2D eigenvalue weighted by molar-refractivity contribution is -0.137. The Labute approximate surface area is 204 Å². The van der Waals surface area contributed by atoms with Crippen LogP contribution in [0, 0.1) is 0 Å². The van der Waals surface area contributed by atoms with E-state index < -0.39 is 17.8 Å².